The largest absolute Gasteiger partial charge is 0.341 e. The van der Waals surface area contributed by atoms with Crippen molar-refractivity contribution in [3.63, 3.8) is 0 Å². The molecule has 0 aliphatic rings. The fraction of sp³-hybridized carbons (Fsp3) is 0.400. The molecular formula is C15H19N5O. The summed E-state index contributed by atoms with van der Waals surface area (Å²) in [6, 6.07) is 5.80. The molecule has 0 radical (unpaired) electrons. The number of rotatable bonds is 7. The van der Waals surface area contributed by atoms with Gasteiger partial charge in [-0.3, -0.25) is 4.79 Å². The van der Waals surface area contributed by atoms with Gasteiger partial charge in [0.15, 0.2) is 0 Å². The molecule has 0 saturated heterocycles. The molecule has 6 heteroatoms. The predicted molar refractivity (Wildman–Crippen MR) is 80.4 cm³/mol. The van der Waals surface area contributed by atoms with E-state index in [1.807, 2.05) is 29.0 Å². The van der Waals surface area contributed by atoms with E-state index < -0.39 is 0 Å². The number of carbonyl (C=O) groups is 1. The average Bonchev–Trinajstić information content (AvgIpc) is 2.84. The molecule has 0 aliphatic carbocycles. The minimum absolute atomic E-state index is 0.0242. The van der Waals surface area contributed by atoms with E-state index in [1.165, 1.54) is 0 Å². The Morgan fingerprint density at radius 1 is 1.52 bits per heavy atom. The molecule has 0 bridgehead atoms. The number of aromatic nitrogens is 2. The van der Waals surface area contributed by atoms with Gasteiger partial charge in [-0.25, -0.2) is 4.98 Å². The van der Waals surface area contributed by atoms with Crippen LogP contribution in [0.5, 0.6) is 0 Å². The zero-order chi connectivity index (χ0) is 15.1. The van der Waals surface area contributed by atoms with E-state index in [0.29, 0.717) is 0 Å². The molecule has 21 heavy (non-hydrogen) atoms. The third kappa shape index (κ3) is 3.80. The lowest BCUT2D eigenvalue weighted by molar-refractivity contribution is -0.121. The van der Waals surface area contributed by atoms with Crippen molar-refractivity contribution >= 4 is 16.9 Å². The summed E-state index contributed by atoms with van der Waals surface area (Å²) in [6.07, 6.45) is 4.75. The number of nitriles is 1. The van der Waals surface area contributed by atoms with Crippen LogP contribution in [0.1, 0.15) is 18.9 Å². The summed E-state index contributed by atoms with van der Waals surface area (Å²) in [4.78, 5) is 16.1. The van der Waals surface area contributed by atoms with Crippen LogP contribution in [0.3, 0.4) is 0 Å². The van der Waals surface area contributed by atoms with Crippen LogP contribution in [0.4, 0.5) is 0 Å². The maximum absolute atomic E-state index is 11.8. The first-order chi connectivity index (χ1) is 10.3. The Morgan fingerprint density at radius 2 is 2.38 bits per heavy atom. The fourth-order valence-electron chi connectivity index (χ4n) is 2.21. The summed E-state index contributed by atoms with van der Waals surface area (Å²) in [5, 5.41) is 15.4. The molecule has 2 N–H and O–H groups in total. The van der Waals surface area contributed by atoms with Gasteiger partial charge in [-0.15, -0.1) is 0 Å². The maximum atomic E-state index is 11.8. The lowest BCUT2D eigenvalue weighted by Gasteiger charge is -2.03. The van der Waals surface area contributed by atoms with Gasteiger partial charge in [-0.1, -0.05) is 6.92 Å². The number of pyridine rings is 1. The number of amides is 1. The van der Waals surface area contributed by atoms with E-state index in [9.17, 15) is 4.79 Å². The second-order valence-electron chi connectivity index (χ2n) is 4.77. The summed E-state index contributed by atoms with van der Waals surface area (Å²) in [6.45, 7) is 4.02. The minimum Gasteiger partial charge on any atom is -0.341 e. The van der Waals surface area contributed by atoms with E-state index in [2.05, 4.69) is 22.5 Å². The Labute approximate surface area is 123 Å². The van der Waals surface area contributed by atoms with Gasteiger partial charge in [0.1, 0.15) is 18.7 Å². The summed E-state index contributed by atoms with van der Waals surface area (Å²) in [5.74, 6) is -0.188. The summed E-state index contributed by atoms with van der Waals surface area (Å²) >= 11 is 0. The van der Waals surface area contributed by atoms with Crippen LogP contribution in [0.15, 0.2) is 24.5 Å². The molecule has 0 aliphatic heterocycles. The molecule has 2 heterocycles. The zero-order valence-corrected chi connectivity index (χ0v) is 12.1. The molecule has 2 aromatic heterocycles. The van der Waals surface area contributed by atoms with E-state index in [4.69, 9.17) is 5.26 Å². The molecule has 6 nitrogen and oxygen atoms in total. The SMILES string of the molecule is CCCNCc1cn(CC(=O)NCC#N)c2ncccc12. The summed E-state index contributed by atoms with van der Waals surface area (Å²) in [5.41, 5.74) is 1.91. The van der Waals surface area contributed by atoms with Gasteiger partial charge in [0, 0.05) is 24.3 Å². The lowest BCUT2D eigenvalue weighted by Crippen LogP contribution is -2.27. The molecular weight excluding hydrogens is 266 g/mol. The third-order valence-electron chi connectivity index (χ3n) is 3.14. The number of nitrogens with zero attached hydrogens (tertiary/aromatic N) is 3. The Bertz CT molecular complexity index is 656. The zero-order valence-electron chi connectivity index (χ0n) is 12.1. The van der Waals surface area contributed by atoms with Gasteiger partial charge in [-0.2, -0.15) is 5.26 Å². The van der Waals surface area contributed by atoms with Crippen LogP contribution in [0.2, 0.25) is 0 Å². The maximum Gasteiger partial charge on any atom is 0.240 e. The monoisotopic (exact) mass is 285 g/mol. The van der Waals surface area contributed by atoms with E-state index in [1.54, 1.807) is 6.20 Å². The highest BCUT2D eigenvalue weighted by Gasteiger charge is 2.11. The predicted octanol–water partition coefficient (Wildman–Crippen LogP) is 1.18. The third-order valence-corrected chi connectivity index (χ3v) is 3.14. The van der Waals surface area contributed by atoms with Crippen LogP contribution in [-0.2, 0) is 17.9 Å². The van der Waals surface area contributed by atoms with Crippen LogP contribution in [0, 0.1) is 11.3 Å². The minimum atomic E-state index is -0.188. The Balaban J connectivity index is 2.19. The highest BCUT2D eigenvalue weighted by molar-refractivity contribution is 5.83. The normalized spacial score (nSPS) is 10.5. The molecule has 0 unspecified atom stereocenters. The number of fused-ring (bicyclic) bond motifs is 1. The topological polar surface area (TPSA) is 82.7 Å². The first-order valence-corrected chi connectivity index (χ1v) is 7.03. The van der Waals surface area contributed by atoms with Gasteiger partial charge in [0.25, 0.3) is 0 Å². The van der Waals surface area contributed by atoms with Gasteiger partial charge >= 0.3 is 0 Å². The standard InChI is InChI=1S/C15H19N5O/c1-2-6-17-9-12-10-20(11-14(21)18-8-5-16)15-13(12)4-3-7-19-15/h3-4,7,10,17H,2,6,8-9,11H2,1H3,(H,18,21). The molecule has 110 valence electrons. The second-order valence-corrected chi connectivity index (χ2v) is 4.77. The fourth-order valence-corrected chi connectivity index (χ4v) is 2.21. The highest BCUT2D eigenvalue weighted by atomic mass is 16.1. The highest BCUT2D eigenvalue weighted by Crippen LogP contribution is 2.19. The van der Waals surface area contributed by atoms with Gasteiger partial charge in [0.2, 0.25) is 5.91 Å². The van der Waals surface area contributed by atoms with Gasteiger partial charge in [0.05, 0.1) is 6.07 Å². The summed E-state index contributed by atoms with van der Waals surface area (Å²) in [7, 11) is 0. The smallest absolute Gasteiger partial charge is 0.240 e. The average molecular weight is 285 g/mol. The van der Waals surface area contributed by atoms with Crippen LogP contribution in [0.25, 0.3) is 11.0 Å². The van der Waals surface area contributed by atoms with E-state index >= 15 is 0 Å². The molecule has 0 fully saturated rings. The van der Waals surface area contributed by atoms with Crippen molar-refractivity contribution in [1.29, 1.82) is 5.26 Å². The van der Waals surface area contributed by atoms with E-state index in [0.717, 1.165) is 36.1 Å². The Kier molecular flexibility index (Phi) is 5.29. The van der Waals surface area contributed by atoms with Crippen molar-refractivity contribution in [2.24, 2.45) is 0 Å². The van der Waals surface area contributed by atoms with Gasteiger partial charge in [-0.05, 0) is 30.7 Å². The number of hydrogen-bond acceptors (Lipinski definition) is 4. The van der Waals surface area contributed by atoms with Crippen molar-refractivity contribution in [2.45, 2.75) is 26.4 Å². The van der Waals surface area contributed by atoms with Crippen molar-refractivity contribution in [2.75, 3.05) is 13.1 Å². The van der Waals surface area contributed by atoms with Crippen molar-refractivity contribution < 1.29 is 4.79 Å². The first kappa shape index (κ1) is 15.0. The Morgan fingerprint density at radius 3 is 3.14 bits per heavy atom. The molecule has 0 atom stereocenters. The quantitative estimate of drug-likeness (QED) is 0.591. The number of carbonyl (C=O) groups excluding carboxylic acids is 1. The Hall–Kier alpha value is -2.39. The van der Waals surface area contributed by atoms with Crippen molar-refractivity contribution in [3.8, 4) is 6.07 Å². The van der Waals surface area contributed by atoms with Crippen LogP contribution < -0.4 is 10.6 Å². The van der Waals surface area contributed by atoms with E-state index in [-0.39, 0.29) is 19.0 Å². The number of hydrogen-bond donors (Lipinski definition) is 2. The molecule has 0 spiro atoms. The first-order valence-electron chi connectivity index (χ1n) is 7.03. The summed E-state index contributed by atoms with van der Waals surface area (Å²) < 4.78 is 1.82. The molecule has 1 amide bonds. The molecule has 0 aromatic carbocycles. The van der Waals surface area contributed by atoms with Crippen molar-refractivity contribution in [3.05, 3.63) is 30.1 Å². The second kappa shape index (κ2) is 7.41. The van der Waals surface area contributed by atoms with Crippen LogP contribution in [-0.4, -0.2) is 28.5 Å². The lowest BCUT2D eigenvalue weighted by atomic mass is 10.2. The van der Waals surface area contributed by atoms with Crippen molar-refractivity contribution in [1.82, 2.24) is 20.2 Å². The van der Waals surface area contributed by atoms with Gasteiger partial charge < -0.3 is 15.2 Å². The molecule has 0 saturated carbocycles. The van der Waals surface area contributed by atoms with Crippen LogP contribution >= 0.6 is 0 Å². The molecule has 2 rings (SSSR count). The molecule has 2 aromatic rings. The number of nitrogens with one attached hydrogen (secondary N) is 2.